The highest BCUT2D eigenvalue weighted by Crippen LogP contribution is 2.12. The van der Waals surface area contributed by atoms with Crippen molar-refractivity contribution in [3.63, 3.8) is 0 Å². The summed E-state index contributed by atoms with van der Waals surface area (Å²) in [4.78, 5) is 39.3. The number of carbonyl (C=O) groups excluding carboxylic acids is 2. The molecule has 1 aliphatic heterocycles. The summed E-state index contributed by atoms with van der Waals surface area (Å²) in [6, 6.07) is 15.5. The highest BCUT2D eigenvalue weighted by atomic mass is 16.4. The molecule has 0 radical (unpaired) electrons. The molecule has 0 saturated carbocycles. The van der Waals surface area contributed by atoms with Gasteiger partial charge in [-0.25, -0.2) is 4.79 Å². The molecule has 134 valence electrons. The Kier molecular flexibility index (Phi) is 5.31. The summed E-state index contributed by atoms with van der Waals surface area (Å²) in [5.41, 5.74) is 1.59. The molecule has 1 aliphatic rings. The summed E-state index contributed by atoms with van der Waals surface area (Å²) in [5, 5.41) is 8.92. The van der Waals surface area contributed by atoms with E-state index in [9.17, 15) is 14.4 Å². The van der Waals surface area contributed by atoms with Crippen LogP contribution in [-0.4, -0.2) is 58.9 Å². The number of carboxylic acid groups (broad SMARTS) is 1. The van der Waals surface area contributed by atoms with Crippen LogP contribution in [0.25, 0.3) is 0 Å². The zero-order chi connectivity index (χ0) is 18.5. The van der Waals surface area contributed by atoms with Crippen LogP contribution in [0.5, 0.6) is 0 Å². The van der Waals surface area contributed by atoms with Crippen LogP contribution in [0.4, 0.5) is 0 Å². The van der Waals surface area contributed by atoms with Gasteiger partial charge in [-0.1, -0.05) is 30.3 Å². The second-order valence-corrected chi connectivity index (χ2v) is 6.22. The Balaban J connectivity index is 1.55. The predicted octanol–water partition coefficient (Wildman–Crippen LogP) is 1.91. The van der Waals surface area contributed by atoms with Gasteiger partial charge < -0.3 is 14.9 Å². The van der Waals surface area contributed by atoms with Gasteiger partial charge in [0.05, 0.1) is 12.0 Å². The zero-order valence-electron chi connectivity index (χ0n) is 14.3. The molecule has 2 amide bonds. The molecule has 1 fully saturated rings. The first-order valence-electron chi connectivity index (χ1n) is 8.49. The topological polar surface area (TPSA) is 77.9 Å². The Hall–Kier alpha value is -3.15. The fourth-order valence-electron chi connectivity index (χ4n) is 2.98. The molecule has 2 aromatic carbocycles. The predicted molar refractivity (Wildman–Crippen MR) is 96.0 cm³/mol. The number of piperazine rings is 1. The monoisotopic (exact) mass is 352 g/mol. The van der Waals surface area contributed by atoms with E-state index in [4.69, 9.17) is 5.11 Å². The minimum absolute atomic E-state index is 0.0640. The lowest BCUT2D eigenvalue weighted by Gasteiger charge is -2.35. The van der Waals surface area contributed by atoms with Gasteiger partial charge in [0.1, 0.15) is 0 Å². The Bertz CT molecular complexity index is 794. The van der Waals surface area contributed by atoms with Crippen molar-refractivity contribution in [2.24, 2.45) is 0 Å². The minimum Gasteiger partial charge on any atom is -0.478 e. The van der Waals surface area contributed by atoms with Gasteiger partial charge in [0.25, 0.3) is 5.91 Å². The molecule has 0 bridgehead atoms. The van der Waals surface area contributed by atoms with Crippen LogP contribution in [0.3, 0.4) is 0 Å². The number of carboxylic acids is 1. The number of benzene rings is 2. The maximum absolute atomic E-state index is 12.5. The molecule has 3 rings (SSSR count). The molecule has 0 spiro atoms. The molecule has 26 heavy (non-hydrogen) atoms. The van der Waals surface area contributed by atoms with Crippen LogP contribution >= 0.6 is 0 Å². The van der Waals surface area contributed by atoms with Crippen molar-refractivity contribution in [2.45, 2.75) is 6.42 Å². The molecular weight excluding hydrogens is 332 g/mol. The largest absolute Gasteiger partial charge is 0.478 e. The molecule has 1 heterocycles. The molecule has 0 unspecified atom stereocenters. The van der Waals surface area contributed by atoms with Crippen LogP contribution in [0.1, 0.15) is 26.3 Å². The summed E-state index contributed by atoms with van der Waals surface area (Å²) in [5.74, 6) is -1.10. The molecule has 1 N–H and O–H groups in total. The van der Waals surface area contributed by atoms with Gasteiger partial charge in [0.15, 0.2) is 0 Å². The third-order valence-corrected chi connectivity index (χ3v) is 4.50. The SMILES string of the molecule is O=C(O)c1ccc(C(=O)N2CCN(C(=O)Cc3ccccc3)CC2)cc1. The second-order valence-electron chi connectivity index (χ2n) is 6.22. The summed E-state index contributed by atoms with van der Waals surface area (Å²) in [6.07, 6.45) is 0.367. The maximum atomic E-state index is 12.5. The maximum Gasteiger partial charge on any atom is 0.335 e. The number of rotatable bonds is 4. The molecule has 0 aliphatic carbocycles. The molecular formula is C20H20N2O4. The van der Waals surface area contributed by atoms with Crippen molar-refractivity contribution in [3.05, 3.63) is 71.3 Å². The lowest BCUT2D eigenvalue weighted by atomic mass is 10.1. The van der Waals surface area contributed by atoms with Gasteiger partial charge in [-0.05, 0) is 29.8 Å². The molecule has 2 aromatic rings. The van der Waals surface area contributed by atoms with Gasteiger partial charge in [-0.2, -0.15) is 0 Å². The van der Waals surface area contributed by atoms with E-state index in [1.165, 1.54) is 24.3 Å². The molecule has 0 atom stereocenters. The number of hydrogen-bond donors (Lipinski definition) is 1. The van der Waals surface area contributed by atoms with Crippen molar-refractivity contribution in [3.8, 4) is 0 Å². The number of nitrogens with zero attached hydrogens (tertiary/aromatic N) is 2. The summed E-state index contributed by atoms with van der Waals surface area (Å²) in [7, 11) is 0. The van der Waals surface area contributed by atoms with E-state index < -0.39 is 5.97 Å². The van der Waals surface area contributed by atoms with Crippen LogP contribution in [0.2, 0.25) is 0 Å². The van der Waals surface area contributed by atoms with Crippen molar-refractivity contribution in [1.29, 1.82) is 0 Å². The number of amides is 2. The lowest BCUT2D eigenvalue weighted by molar-refractivity contribution is -0.131. The van der Waals surface area contributed by atoms with Crippen molar-refractivity contribution >= 4 is 17.8 Å². The molecule has 1 saturated heterocycles. The standard InChI is InChI=1S/C20H20N2O4/c23-18(14-15-4-2-1-3-5-15)21-10-12-22(13-11-21)19(24)16-6-8-17(9-7-16)20(25)26/h1-9H,10-14H2,(H,25,26). The van der Waals surface area contributed by atoms with Crippen molar-refractivity contribution in [2.75, 3.05) is 26.2 Å². The van der Waals surface area contributed by atoms with Crippen LogP contribution in [-0.2, 0) is 11.2 Å². The van der Waals surface area contributed by atoms with E-state index in [0.29, 0.717) is 38.2 Å². The van der Waals surface area contributed by atoms with Gasteiger partial charge in [-0.15, -0.1) is 0 Å². The number of carbonyl (C=O) groups is 3. The van der Waals surface area contributed by atoms with E-state index >= 15 is 0 Å². The summed E-state index contributed by atoms with van der Waals surface area (Å²) in [6.45, 7) is 1.95. The van der Waals surface area contributed by atoms with E-state index in [2.05, 4.69) is 0 Å². The first-order chi connectivity index (χ1) is 12.5. The summed E-state index contributed by atoms with van der Waals surface area (Å²) < 4.78 is 0. The third-order valence-electron chi connectivity index (χ3n) is 4.50. The quantitative estimate of drug-likeness (QED) is 0.912. The van der Waals surface area contributed by atoms with E-state index in [1.54, 1.807) is 9.80 Å². The van der Waals surface area contributed by atoms with Crippen LogP contribution in [0, 0.1) is 0 Å². The smallest absolute Gasteiger partial charge is 0.335 e. The summed E-state index contributed by atoms with van der Waals surface area (Å²) >= 11 is 0. The normalized spacial score (nSPS) is 14.2. The molecule has 6 heteroatoms. The van der Waals surface area contributed by atoms with E-state index in [-0.39, 0.29) is 17.4 Å². The highest BCUT2D eigenvalue weighted by Gasteiger charge is 2.24. The van der Waals surface area contributed by atoms with E-state index in [0.717, 1.165) is 5.56 Å². The Morgan fingerprint density at radius 3 is 1.88 bits per heavy atom. The Labute approximate surface area is 151 Å². The Morgan fingerprint density at radius 1 is 0.769 bits per heavy atom. The fraction of sp³-hybridized carbons (Fsp3) is 0.250. The first-order valence-corrected chi connectivity index (χ1v) is 8.49. The van der Waals surface area contributed by atoms with Crippen molar-refractivity contribution < 1.29 is 19.5 Å². The van der Waals surface area contributed by atoms with Crippen LogP contribution < -0.4 is 0 Å². The van der Waals surface area contributed by atoms with Gasteiger partial charge >= 0.3 is 5.97 Å². The third kappa shape index (κ3) is 4.08. The first kappa shape index (κ1) is 17.7. The van der Waals surface area contributed by atoms with Gasteiger partial charge in [-0.3, -0.25) is 9.59 Å². The lowest BCUT2D eigenvalue weighted by Crippen LogP contribution is -2.51. The number of hydrogen-bond acceptors (Lipinski definition) is 3. The van der Waals surface area contributed by atoms with Crippen molar-refractivity contribution in [1.82, 2.24) is 9.80 Å². The van der Waals surface area contributed by atoms with E-state index in [1.807, 2.05) is 30.3 Å². The van der Waals surface area contributed by atoms with Gasteiger partial charge in [0, 0.05) is 31.7 Å². The average molecular weight is 352 g/mol. The second kappa shape index (κ2) is 7.82. The molecule has 6 nitrogen and oxygen atoms in total. The minimum atomic E-state index is -1.02. The van der Waals surface area contributed by atoms with Gasteiger partial charge in [0.2, 0.25) is 5.91 Å². The average Bonchev–Trinajstić information content (AvgIpc) is 2.68. The van der Waals surface area contributed by atoms with Crippen LogP contribution in [0.15, 0.2) is 54.6 Å². The number of aromatic carboxylic acids is 1. The molecule has 0 aromatic heterocycles. The fourth-order valence-corrected chi connectivity index (χ4v) is 2.98. The highest BCUT2D eigenvalue weighted by molar-refractivity contribution is 5.96. The zero-order valence-corrected chi connectivity index (χ0v) is 14.3. The Morgan fingerprint density at radius 2 is 1.31 bits per heavy atom.